The van der Waals surface area contributed by atoms with Gasteiger partial charge < -0.3 is 20.8 Å². The molecule has 0 saturated heterocycles. The van der Waals surface area contributed by atoms with Crippen molar-refractivity contribution in [3.8, 4) is 0 Å². The maximum atomic E-state index is 8.07. The summed E-state index contributed by atoms with van der Waals surface area (Å²) in [6, 6.07) is 1.000. The predicted octanol–water partition coefficient (Wildman–Crippen LogP) is 8.67. The summed E-state index contributed by atoms with van der Waals surface area (Å²) in [7, 11) is 19.6. The van der Waals surface area contributed by atoms with Crippen LogP contribution in [0, 0.1) is 0 Å². The molecule has 2 N–H and O–H groups in total. The van der Waals surface area contributed by atoms with Crippen LogP contribution in [0.25, 0.3) is 10.6 Å². The minimum absolute atomic E-state index is 0.344. The normalized spacial score (nSPS) is 8.53. The summed E-state index contributed by atoms with van der Waals surface area (Å²) in [6.07, 6.45) is 6.47. The van der Waals surface area contributed by atoms with E-state index in [2.05, 4.69) is 66.0 Å². The Morgan fingerprint density at radius 2 is 0.900 bits per heavy atom. The fourth-order valence-corrected chi connectivity index (χ4v) is 1.34. The number of aliphatic hydroxyl groups is 2. The van der Waals surface area contributed by atoms with Gasteiger partial charge in [0.05, 0.1) is 0 Å². The Labute approximate surface area is 222 Å². The molecule has 0 unspecified atom stereocenters. The van der Waals surface area contributed by atoms with E-state index in [1.165, 1.54) is 12.8 Å². The molecule has 0 aliphatic heterocycles. The number of nitrogens with zero attached hydrogens (tertiary/aromatic N) is 2. The van der Waals surface area contributed by atoms with E-state index in [1.54, 1.807) is 0 Å². The fourth-order valence-electron chi connectivity index (χ4n) is 1.34. The molecule has 0 bridgehead atoms. The first-order valence-electron chi connectivity index (χ1n) is 10.7. The molecule has 10 heteroatoms. The van der Waals surface area contributed by atoms with Crippen LogP contribution >= 0.6 is 37.2 Å². The molecule has 0 aromatic rings. The topological polar surface area (TPSA) is 68.7 Å². The number of rotatable bonds is 10. The van der Waals surface area contributed by atoms with Gasteiger partial charge in [-0.3, -0.25) is 0 Å². The number of hydrogen-bond acceptors (Lipinski definition) is 2. The first kappa shape index (κ1) is 45.9. The molecule has 0 amide bonds. The van der Waals surface area contributed by atoms with Crippen molar-refractivity contribution in [2.45, 2.75) is 106 Å². The Hall–Kier alpha value is 2.43. The summed E-state index contributed by atoms with van der Waals surface area (Å²) < 4.78 is 0. The van der Waals surface area contributed by atoms with Crippen molar-refractivity contribution < 1.29 is 44.3 Å². The summed E-state index contributed by atoms with van der Waals surface area (Å²) in [4.78, 5) is 0. The van der Waals surface area contributed by atoms with Crippen LogP contribution in [0.5, 0.6) is 0 Å². The van der Waals surface area contributed by atoms with Gasteiger partial charge >= 0.3 is 71.3 Å². The van der Waals surface area contributed by atoms with Crippen molar-refractivity contribution in [2.75, 3.05) is 26.3 Å². The number of halogens is 4. The third-order valence-corrected chi connectivity index (χ3v) is 2.38. The van der Waals surface area contributed by atoms with Crippen LogP contribution in [-0.4, -0.2) is 48.6 Å². The molecule has 0 fully saturated rings. The average Bonchev–Trinajstić information content (AvgIpc) is 2.65. The van der Waals surface area contributed by atoms with Crippen LogP contribution in [0.15, 0.2) is 0 Å². The van der Waals surface area contributed by atoms with E-state index in [4.69, 9.17) is 47.4 Å². The van der Waals surface area contributed by atoms with Crippen molar-refractivity contribution in [1.29, 1.82) is 0 Å². The van der Waals surface area contributed by atoms with Crippen molar-refractivity contribution >= 4 is 37.2 Å². The van der Waals surface area contributed by atoms with E-state index in [-0.39, 0.29) is 0 Å². The molecule has 0 saturated carbocycles. The second-order valence-electron chi connectivity index (χ2n) is 6.30. The molecule has 0 spiro atoms. The van der Waals surface area contributed by atoms with Gasteiger partial charge in [0.15, 0.2) is 0 Å². The van der Waals surface area contributed by atoms with Gasteiger partial charge in [-0.15, -0.1) is 25.2 Å². The Kier molecular flexibility index (Phi) is 88.4. The molecule has 188 valence electrons. The van der Waals surface area contributed by atoms with Gasteiger partial charge in [-0.2, -0.15) is 0 Å². The summed E-state index contributed by atoms with van der Waals surface area (Å²) in [6.45, 7) is 19.6. The molecule has 4 nitrogen and oxygen atoms in total. The number of hydrogen-bond donors (Lipinski definition) is 2. The van der Waals surface area contributed by atoms with Gasteiger partial charge in [-0.1, -0.05) is 81.1 Å². The van der Waals surface area contributed by atoms with Crippen LogP contribution in [0.4, 0.5) is 0 Å². The Morgan fingerprint density at radius 3 is 0.967 bits per heavy atom. The van der Waals surface area contributed by atoms with Gasteiger partial charge in [-0.05, 0) is 12.8 Å². The van der Waals surface area contributed by atoms with Crippen LogP contribution in [0.3, 0.4) is 0 Å². The van der Waals surface area contributed by atoms with Crippen molar-refractivity contribution in [3.63, 3.8) is 0 Å². The molecule has 30 heavy (non-hydrogen) atoms. The minimum atomic E-state index is -0.556. The Balaban J connectivity index is -0.0000000594. The zero-order chi connectivity index (χ0) is 25.1. The van der Waals surface area contributed by atoms with E-state index in [1.807, 2.05) is 0 Å². The molecule has 0 heterocycles. The predicted molar refractivity (Wildman–Crippen MR) is 135 cm³/mol. The van der Waals surface area contributed by atoms with Crippen molar-refractivity contribution in [2.24, 2.45) is 0 Å². The standard InChI is InChI=1S/2C6H14N.2C4H10O.4ClH.2Ti/c1-5(2)7-6(3)4;1-3-5-7-6-4-2;2*1-2-3-4-5;;;;;;/h5-6H,1-4H3;3-6H2,1-2H3;2*5H,2-4H2,1H3;4*1H;;/q2*-1;;;;;;;2*+2/p-4. The molecule has 0 aromatic carbocycles. The van der Waals surface area contributed by atoms with Gasteiger partial charge in [0.2, 0.25) is 0 Å². The molecular weight excluding hydrogens is 538 g/mol. The Morgan fingerprint density at radius 1 is 0.633 bits per heavy atom. The molecule has 0 aliphatic carbocycles. The molecule has 0 rings (SSSR count). The van der Waals surface area contributed by atoms with Crippen LogP contribution in [0.2, 0.25) is 0 Å². The average molecular weight is 586 g/mol. The van der Waals surface area contributed by atoms with Crippen molar-refractivity contribution in [3.05, 3.63) is 10.6 Å². The van der Waals surface area contributed by atoms with Crippen molar-refractivity contribution in [1.82, 2.24) is 0 Å². The summed E-state index contributed by atoms with van der Waals surface area (Å²) >= 11 is -1.11. The first-order chi connectivity index (χ1) is 14.2. The van der Waals surface area contributed by atoms with E-state index in [0.29, 0.717) is 25.3 Å². The van der Waals surface area contributed by atoms with Crippen LogP contribution in [-0.2, 0) is 34.1 Å². The molecule has 0 aromatic heterocycles. The zero-order valence-electron chi connectivity index (χ0n) is 20.5. The third-order valence-electron chi connectivity index (χ3n) is 2.38. The first-order valence-corrected chi connectivity index (χ1v) is 19.3. The quantitative estimate of drug-likeness (QED) is 0.199. The van der Waals surface area contributed by atoms with E-state index in [9.17, 15) is 0 Å². The molecule has 0 radical (unpaired) electrons. The van der Waals surface area contributed by atoms with E-state index < -0.39 is 34.1 Å². The van der Waals surface area contributed by atoms with Gasteiger partial charge in [-0.25, -0.2) is 0 Å². The third kappa shape index (κ3) is 127. The maximum absolute atomic E-state index is 8.07. The molecule has 0 aliphatic rings. The van der Waals surface area contributed by atoms with Gasteiger partial charge in [0.1, 0.15) is 0 Å². The summed E-state index contributed by atoms with van der Waals surface area (Å²) in [5.74, 6) is 0. The van der Waals surface area contributed by atoms with Gasteiger partial charge in [0.25, 0.3) is 0 Å². The number of aliphatic hydroxyl groups excluding tert-OH is 2. The monoisotopic (exact) mass is 584 g/mol. The van der Waals surface area contributed by atoms with Crippen LogP contribution in [0.1, 0.15) is 93.9 Å². The second kappa shape index (κ2) is 57.8. The summed E-state index contributed by atoms with van der Waals surface area (Å²) in [5, 5.41) is 24.6. The van der Waals surface area contributed by atoms with E-state index >= 15 is 0 Å². The van der Waals surface area contributed by atoms with E-state index in [0.717, 1.165) is 38.8 Å². The summed E-state index contributed by atoms with van der Waals surface area (Å²) in [5.41, 5.74) is 0. The Bertz CT molecular complexity index is 194. The zero-order valence-corrected chi connectivity index (χ0v) is 26.7. The van der Waals surface area contributed by atoms with Gasteiger partial charge in [0, 0.05) is 13.2 Å². The molecule has 0 atom stereocenters. The SMILES string of the molecule is CC(C)[N-]C(C)C.CCCCO.CCCCO.CCC[N-]CCC.[Cl][Ti][Cl].[Cl][Ti][Cl]. The second-order valence-corrected chi connectivity index (χ2v) is 11.5. The molecular formula is C20H48Cl4N2O2Ti2-2. The fraction of sp³-hybridized carbons (Fsp3) is 1.00. The van der Waals surface area contributed by atoms with Crippen LogP contribution < -0.4 is 0 Å². The number of unbranched alkanes of at least 4 members (excludes halogenated alkanes) is 2.